The minimum atomic E-state index is -3.60. The molecule has 1 heterocycles. The Balaban J connectivity index is 2.18. The number of sulfonamides is 1. The molecule has 1 unspecified atom stereocenters. The maximum atomic E-state index is 12.2. The van der Waals surface area contributed by atoms with Crippen molar-refractivity contribution in [3.8, 4) is 0 Å². The summed E-state index contributed by atoms with van der Waals surface area (Å²) in [4.78, 5) is 0.220. The molecule has 0 saturated heterocycles. The maximum absolute atomic E-state index is 12.2. The van der Waals surface area contributed by atoms with E-state index >= 15 is 0 Å². The van der Waals surface area contributed by atoms with Crippen molar-refractivity contribution in [2.75, 3.05) is 0 Å². The third-order valence-corrected chi connectivity index (χ3v) is 4.49. The number of tetrazole rings is 1. The minimum Gasteiger partial charge on any atom is -0.207 e. The van der Waals surface area contributed by atoms with Gasteiger partial charge < -0.3 is 0 Å². The second kappa shape index (κ2) is 5.68. The van der Waals surface area contributed by atoms with E-state index in [-0.39, 0.29) is 4.90 Å². The lowest BCUT2D eigenvalue weighted by molar-refractivity contribution is 0.560. The Kier molecular flexibility index (Phi) is 4.15. The fraction of sp³-hybridized carbons (Fsp3) is 0.417. The fourth-order valence-corrected chi connectivity index (χ4v) is 2.94. The molecule has 0 radical (unpaired) electrons. The third kappa shape index (κ3) is 3.20. The van der Waals surface area contributed by atoms with Gasteiger partial charge in [-0.25, -0.2) is 13.1 Å². The van der Waals surface area contributed by atoms with Gasteiger partial charge in [-0.15, -0.1) is 10.2 Å². The first-order chi connectivity index (χ1) is 9.40. The van der Waals surface area contributed by atoms with Crippen molar-refractivity contribution < 1.29 is 8.42 Å². The van der Waals surface area contributed by atoms with Gasteiger partial charge in [0.15, 0.2) is 5.82 Å². The van der Waals surface area contributed by atoms with E-state index < -0.39 is 16.1 Å². The van der Waals surface area contributed by atoms with Gasteiger partial charge in [-0.3, -0.25) is 0 Å². The largest absolute Gasteiger partial charge is 0.241 e. The Morgan fingerprint density at radius 3 is 2.30 bits per heavy atom. The normalized spacial score (nSPS) is 13.6. The zero-order valence-corrected chi connectivity index (χ0v) is 12.3. The molecule has 0 aliphatic heterocycles. The summed E-state index contributed by atoms with van der Waals surface area (Å²) in [6, 6.07) is 6.28. The highest BCUT2D eigenvalue weighted by Crippen LogP contribution is 2.18. The predicted octanol–water partition coefficient (Wildman–Crippen LogP) is 1.36. The first-order valence-electron chi connectivity index (χ1n) is 6.26. The summed E-state index contributed by atoms with van der Waals surface area (Å²) in [6.07, 6.45) is 0. The molecule has 0 aliphatic carbocycles. The molecule has 2 N–H and O–H groups in total. The first-order valence-corrected chi connectivity index (χ1v) is 7.74. The van der Waals surface area contributed by atoms with Crippen LogP contribution >= 0.6 is 0 Å². The summed E-state index contributed by atoms with van der Waals surface area (Å²) in [6.45, 7) is 5.77. The Bertz CT molecular complexity index is 650. The lowest BCUT2D eigenvalue weighted by Crippen LogP contribution is -2.27. The molecule has 108 valence electrons. The first kappa shape index (κ1) is 14.6. The zero-order valence-electron chi connectivity index (χ0n) is 11.5. The number of aromatic nitrogens is 4. The fourth-order valence-electron chi connectivity index (χ4n) is 1.74. The molecular weight excluding hydrogens is 278 g/mol. The highest BCUT2D eigenvalue weighted by atomic mass is 32.2. The summed E-state index contributed by atoms with van der Waals surface area (Å²) >= 11 is 0. The summed E-state index contributed by atoms with van der Waals surface area (Å²) in [7, 11) is -3.60. The minimum absolute atomic E-state index is 0.220. The highest BCUT2D eigenvalue weighted by Gasteiger charge is 2.20. The van der Waals surface area contributed by atoms with E-state index in [0.29, 0.717) is 11.7 Å². The van der Waals surface area contributed by atoms with Crippen molar-refractivity contribution in [3.05, 3.63) is 35.7 Å². The van der Waals surface area contributed by atoms with Gasteiger partial charge >= 0.3 is 0 Å². The number of rotatable bonds is 5. The number of aromatic amines is 1. The van der Waals surface area contributed by atoms with E-state index in [1.54, 1.807) is 19.1 Å². The van der Waals surface area contributed by atoms with E-state index in [1.165, 1.54) is 0 Å². The Hall–Kier alpha value is -1.80. The van der Waals surface area contributed by atoms with Gasteiger partial charge in [-0.2, -0.15) is 5.21 Å². The van der Waals surface area contributed by atoms with Crippen LogP contribution in [0.1, 0.15) is 44.1 Å². The van der Waals surface area contributed by atoms with Gasteiger partial charge in [0.05, 0.1) is 10.9 Å². The maximum Gasteiger partial charge on any atom is 0.241 e. The number of nitrogens with one attached hydrogen (secondary N) is 2. The summed E-state index contributed by atoms with van der Waals surface area (Å²) in [5.41, 5.74) is 1.09. The molecule has 0 fully saturated rings. The van der Waals surface area contributed by atoms with Gasteiger partial charge in [0.2, 0.25) is 10.0 Å². The monoisotopic (exact) mass is 295 g/mol. The molecule has 0 amide bonds. The average Bonchev–Trinajstić information content (AvgIpc) is 2.92. The number of benzene rings is 1. The van der Waals surface area contributed by atoms with Crippen LogP contribution in [0.5, 0.6) is 0 Å². The number of hydrogen-bond donors (Lipinski definition) is 2. The molecule has 0 aliphatic rings. The van der Waals surface area contributed by atoms with Crippen LogP contribution in [0, 0.1) is 0 Å². The van der Waals surface area contributed by atoms with E-state index in [1.807, 2.05) is 12.1 Å². The quantitative estimate of drug-likeness (QED) is 0.867. The average molecular weight is 295 g/mol. The Morgan fingerprint density at radius 2 is 1.80 bits per heavy atom. The van der Waals surface area contributed by atoms with Crippen LogP contribution in [0.3, 0.4) is 0 Å². The van der Waals surface area contributed by atoms with Crippen LogP contribution < -0.4 is 4.72 Å². The van der Waals surface area contributed by atoms with Gasteiger partial charge in [-0.1, -0.05) is 31.2 Å². The molecule has 0 saturated carbocycles. The molecule has 7 nitrogen and oxygen atoms in total. The SMILES string of the molecule is CC(C)c1ccc(S(=O)(=O)NC(C)c2nn[nH]n2)cc1. The Labute approximate surface area is 117 Å². The standard InChI is InChI=1S/C12H17N5O2S/c1-8(2)10-4-6-11(7-5-10)20(18,19)15-9(3)12-13-16-17-14-12/h4-9,15H,1-3H3,(H,13,14,16,17). The van der Waals surface area contributed by atoms with Crippen molar-refractivity contribution in [2.45, 2.75) is 37.6 Å². The van der Waals surface area contributed by atoms with Gasteiger partial charge in [0.1, 0.15) is 0 Å². The van der Waals surface area contributed by atoms with Crippen LogP contribution in [-0.2, 0) is 10.0 Å². The Morgan fingerprint density at radius 1 is 1.15 bits per heavy atom. The third-order valence-electron chi connectivity index (χ3n) is 2.94. The topological polar surface area (TPSA) is 101 Å². The molecule has 2 rings (SSSR count). The predicted molar refractivity (Wildman–Crippen MR) is 73.4 cm³/mol. The van der Waals surface area contributed by atoms with Gasteiger partial charge in [0.25, 0.3) is 0 Å². The second-order valence-electron chi connectivity index (χ2n) is 4.84. The summed E-state index contributed by atoms with van der Waals surface area (Å²) in [5, 5.41) is 13.2. The molecule has 2 aromatic rings. The van der Waals surface area contributed by atoms with Crippen molar-refractivity contribution in [1.29, 1.82) is 0 Å². The van der Waals surface area contributed by atoms with Crippen LogP contribution in [0.15, 0.2) is 29.2 Å². The molecule has 1 aromatic heterocycles. The van der Waals surface area contributed by atoms with Crippen molar-refractivity contribution in [3.63, 3.8) is 0 Å². The number of nitrogens with zero attached hydrogens (tertiary/aromatic N) is 3. The van der Waals surface area contributed by atoms with E-state index in [4.69, 9.17) is 0 Å². The lowest BCUT2D eigenvalue weighted by atomic mass is 10.0. The molecular formula is C12H17N5O2S. The molecule has 20 heavy (non-hydrogen) atoms. The number of H-pyrrole nitrogens is 1. The van der Waals surface area contributed by atoms with Crippen molar-refractivity contribution >= 4 is 10.0 Å². The lowest BCUT2D eigenvalue weighted by Gasteiger charge is -2.12. The molecule has 0 spiro atoms. The van der Waals surface area contributed by atoms with Crippen LogP contribution in [0.4, 0.5) is 0 Å². The van der Waals surface area contributed by atoms with Gasteiger partial charge in [-0.05, 0) is 30.5 Å². The smallest absolute Gasteiger partial charge is 0.207 e. The van der Waals surface area contributed by atoms with Crippen molar-refractivity contribution in [2.24, 2.45) is 0 Å². The van der Waals surface area contributed by atoms with Gasteiger partial charge in [0, 0.05) is 0 Å². The van der Waals surface area contributed by atoms with Crippen LogP contribution in [0.25, 0.3) is 0 Å². The van der Waals surface area contributed by atoms with Crippen LogP contribution in [-0.4, -0.2) is 29.0 Å². The van der Waals surface area contributed by atoms with E-state index in [9.17, 15) is 8.42 Å². The molecule has 1 atom stereocenters. The molecule has 1 aromatic carbocycles. The van der Waals surface area contributed by atoms with E-state index in [2.05, 4.69) is 39.2 Å². The zero-order chi connectivity index (χ0) is 14.8. The second-order valence-corrected chi connectivity index (χ2v) is 6.55. The molecule has 0 bridgehead atoms. The number of hydrogen-bond acceptors (Lipinski definition) is 5. The van der Waals surface area contributed by atoms with Crippen LogP contribution in [0.2, 0.25) is 0 Å². The summed E-state index contributed by atoms with van der Waals surface area (Å²) < 4.78 is 27.0. The highest BCUT2D eigenvalue weighted by molar-refractivity contribution is 7.89. The van der Waals surface area contributed by atoms with Crippen molar-refractivity contribution in [1.82, 2.24) is 25.3 Å². The molecule has 8 heteroatoms. The van der Waals surface area contributed by atoms with E-state index in [0.717, 1.165) is 5.56 Å². The summed E-state index contributed by atoms with van der Waals surface area (Å²) in [5.74, 6) is 0.658.